The maximum atomic E-state index is 11.7. The van der Waals surface area contributed by atoms with E-state index >= 15 is 0 Å². The molecule has 23 heavy (non-hydrogen) atoms. The van der Waals surface area contributed by atoms with E-state index in [0.717, 1.165) is 57.6 Å². The molecule has 2 heterocycles. The average Bonchev–Trinajstić information content (AvgIpc) is 3.06. The van der Waals surface area contributed by atoms with Crippen molar-refractivity contribution in [2.24, 2.45) is 5.92 Å². The third kappa shape index (κ3) is 5.06. The van der Waals surface area contributed by atoms with Crippen molar-refractivity contribution in [3.63, 3.8) is 0 Å². The molecule has 8 heteroatoms. The molecule has 2 aliphatic heterocycles. The van der Waals surface area contributed by atoms with Crippen molar-refractivity contribution in [3.05, 3.63) is 0 Å². The van der Waals surface area contributed by atoms with Crippen LogP contribution in [-0.4, -0.2) is 62.8 Å². The zero-order valence-corrected chi connectivity index (χ0v) is 15.4. The molecule has 1 saturated carbocycles. The van der Waals surface area contributed by atoms with Gasteiger partial charge in [0.15, 0.2) is 0 Å². The SMILES string of the molecule is CS(=O)(=O)C1CCC(C2CNCC(SCC3CCON3)N2)CC1. The molecular formula is C15H29N3O3S2. The highest BCUT2D eigenvalue weighted by Gasteiger charge is 2.34. The molecule has 0 aromatic carbocycles. The molecule has 2 saturated heterocycles. The molecule has 3 unspecified atom stereocenters. The lowest BCUT2D eigenvalue weighted by atomic mass is 9.83. The molecule has 3 fully saturated rings. The Labute approximate surface area is 143 Å². The van der Waals surface area contributed by atoms with Gasteiger partial charge in [0.25, 0.3) is 0 Å². The minimum atomic E-state index is -2.87. The first-order valence-corrected chi connectivity index (χ1v) is 11.7. The molecule has 6 nitrogen and oxygen atoms in total. The minimum absolute atomic E-state index is 0.117. The number of thioether (sulfide) groups is 1. The lowest BCUT2D eigenvalue weighted by molar-refractivity contribution is 0.0914. The fourth-order valence-electron chi connectivity index (χ4n) is 3.84. The van der Waals surface area contributed by atoms with Crippen LogP contribution in [0.2, 0.25) is 0 Å². The first kappa shape index (κ1) is 17.9. The van der Waals surface area contributed by atoms with Crippen LogP contribution in [0.25, 0.3) is 0 Å². The van der Waals surface area contributed by atoms with Crippen molar-refractivity contribution < 1.29 is 13.3 Å². The fraction of sp³-hybridized carbons (Fsp3) is 1.00. The first-order chi connectivity index (χ1) is 11.0. The van der Waals surface area contributed by atoms with E-state index in [1.165, 1.54) is 6.26 Å². The Morgan fingerprint density at radius 3 is 2.57 bits per heavy atom. The molecule has 3 N–H and O–H groups in total. The maximum Gasteiger partial charge on any atom is 0.150 e. The van der Waals surface area contributed by atoms with Crippen LogP contribution in [-0.2, 0) is 14.7 Å². The van der Waals surface area contributed by atoms with Crippen LogP contribution in [0.4, 0.5) is 0 Å². The highest BCUT2D eigenvalue weighted by Crippen LogP contribution is 2.31. The first-order valence-electron chi connectivity index (χ1n) is 8.67. The Morgan fingerprint density at radius 1 is 1.13 bits per heavy atom. The summed E-state index contributed by atoms with van der Waals surface area (Å²) in [5.74, 6) is 1.66. The van der Waals surface area contributed by atoms with E-state index < -0.39 is 9.84 Å². The van der Waals surface area contributed by atoms with Gasteiger partial charge in [0.1, 0.15) is 9.84 Å². The number of hydroxylamine groups is 1. The monoisotopic (exact) mass is 363 g/mol. The van der Waals surface area contributed by atoms with Gasteiger partial charge in [-0.2, -0.15) is 5.48 Å². The lowest BCUT2D eigenvalue weighted by Crippen LogP contribution is -2.57. The van der Waals surface area contributed by atoms with E-state index in [0.29, 0.717) is 23.4 Å². The van der Waals surface area contributed by atoms with Crippen LogP contribution in [0, 0.1) is 5.92 Å². The number of rotatable bonds is 5. The molecule has 0 bridgehead atoms. The zero-order chi connectivity index (χ0) is 16.3. The fourth-order valence-corrected chi connectivity index (χ4v) is 6.18. The summed E-state index contributed by atoms with van der Waals surface area (Å²) in [7, 11) is -2.87. The molecule has 1 aliphatic carbocycles. The summed E-state index contributed by atoms with van der Waals surface area (Å²) in [5, 5.41) is 7.65. The van der Waals surface area contributed by atoms with Crippen LogP contribution in [0.15, 0.2) is 0 Å². The van der Waals surface area contributed by atoms with Crippen LogP contribution >= 0.6 is 11.8 Å². The molecule has 0 aromatic rings. The van der Waals surface area contributed by atoms with Crippen molar-refractivity contribution in [2.75, 3.05) is 31.7 Å². The Bertz CT molecular complexity index is 474. The number of piperazine rings is 1. The number of hydrogen-bond donors (Lipinski definition) is 3. The van der Waals surface area contributed by atoms with Gasteiger partial charge in [-0.05, 0) is 38.0 Å². The predicted octanol–water partition coefficient (Wildman–Crippen LogP) is 0.504. The summed E-state index contributed by atoms with van der Waals surface area (Å²) in [4.78, 5) is 5.20. The van der Waals surface area contributed by atoms with Gasteiger partial charge in [-0.3, -0.25) is 5.32 Å². The van der Waals surface area contributed by atoms with E-state index in [9.17, 15) is 8.42 Å². The van der Waals surface area contributed by atoms with E-state index in [4.69, 9.17) is 4.84 Å². The van der Waals surface area contributed by atoms with Crippen molar-refractivity contribution in [3.8, 4) is 0 Å². The van der Waals surface area contributed by atoms with E-state index in [1.54, 1.807) is 0 Å². The topological polar surface area (TPSA) is 79.5 Å². The van der Waals surface area contributed by atoms with Crippen LogP contribution in [0.5, 0.6) is 0 Å². The molecule has 3 aliphatic rings. The third-order valence-electron chi connectivity index (χ3n) is 5.30. The zero-order valence-electron chi connectivity index (χ0n) is 13.8. The average molecular weight is 364 g/mol. The second-order valence-electron chi connectivity index (χ2n) is 7.07. The second-order valence-corrected chi connectivity index (χ2v) is 10.6. The summed E-state index contributed by atoms with van der Waals surface area (Å²) < 4.78 is 23.4. The Balaban J connectivity index is 1.43. The third-order valence-corrected chi connectivity index (χ3v) is 8.29. The second kappa shape index (κ2) is 8.01. The van der Waals surface area contributed by atoms with E-state index in [-0.39, 0.29) is 5.25 Å². The summed E-state index contributed by atoms with van der Waals surface area (Å²) in [6, 6.07) is 0.932. The van der Waals surface area contributed by atoms with Crippen LogP contribution in [0.3, 0.4) is 0 Å². The van der Waals surface area contributed by atoms with Crippen molar-refractivity contribution >= 4 is 21.6 Å². The van der Waals surface area contributed by atoms with Gasteiger partial charge in [0, 0.05) is 37.2 Å². The van der Waals surface area contributed by atoms with Crippen molar-refractivity contribution in [2.45, 2.75) is 54.8 Å². The van der Waals surface area contributed by atoms with Crippen LogP contribution in [0.1, 0.15) is 32.1 Å². The van der Waals surface area contributed by atoms with Gasteiger partial charge in [0.2, 0.25) is 0 Å². The highest BCUT2D eigenvalue weighted by molar-refractivity contribution is 7.99. The van der Waals surface area contributed by atoms with Gasteiger partial charge in [-0.1, -0.05) is 0 Å². The molecule has 3 rings (SSSR count). The Morgan fingerprint density at radius 2 is 1.91 bits per heavy atom. The largest absolute Gasteiger partial charge is 0.313 e. The van der Waals surface area contributed by atoms with Crippen molar-refractivity contribution in [1.82, 2.24) is 16.1 Å². The Kier molecular flexibility index (Phi) is 6.25. The molecule has 0 amide bonds. The molecule has 0 spiro atoms. The number of nitrogens with one attached hydrogen (secondary N) is 3. The standard InChI is InChI=1S/C15H29N3O3S2/c1-23(19,20)13-4-2-11(3-5-13)14-8-16-9-15(17-14)22-10-12-6-7-21-18-12/h11-18H,2-10H2,1H3. The van der Waals surface area contributed by atoms with Gasteiger partial charge in [-0.15, -0.1) is 11.8 Å². The molecule has 134 valence electrons. The molecule has 0 radical (unpaired) electrons. The number of hydrogen-bond acceptors (Lipinski definition) is 7. The van der Waals surface area contributed by atoms with E-state index in [1.807, 2.05) is 11.8 Å². The quantitative estimate of drug-likeness (QED) is 0.656. The van der Waals surface area contributed by atoms with Crippen LogP contribution < -0.4 is 16.1 Å². The lowest BCUT2D eigenvalue weighted by Gasteiger charge is -2.39. The van der Waals surface area contributed by atoms with E-state index in [2.05, 4.69) is 16.1 Å². The van der Waals surface area contributed by atoms with Gasteiger partial charge in [0.05, 0.1) is 17.2 Å². The smallest absolute Gasteiger partial charge is 0.150 e. The highest BCUT2D eigenvalue weighted by atomic mass is 32.2. The van der Waals surface area contributed by atoms with Gasteiger partial charge in [-0.25, -0.2) is 8.42 Å². The summed E-state index contributed by atoms with van der Waals surface area (Å²) in [6.45, 7) is 2.80. The summed E-state index contributed by atoms with van der Waals surface area (Å²) >= 11 is 1.96. The Hall–Kier alpha value is 0.140. The minimum Gasteiger partial charge on any atom is -0.313 e. The normalized spacial score (nSPS) is 39.4. The van der Waals surface area contributed by atoms with Crippen molar-refractivity contribution in [1.29, 1.82) is 0 Å². The van der Waals surface area contributed by atoms with Gasteiger partial charge >= 0.3 is 0 Å². The molecule has 3 atom stereocenters. The number of sulfone groups is 1. The molecular weight excluding hydrogens is 334 g/mol. The maximum absolute atomic E-state index is 11.7. The summed E-state index contributed by atoms with van der Waals surface area (Å²) in [6.07, 6.45) is 6.16. The van der Waals surface area contributed by atoms with Gasteiger partial charge < -0.3 is 10.2 Å². The molecule has 0 aromatic heterocycles. The summed E-state index contributed by atoms with van der Waals surface area (Å²) in [5.41, 5.74) is 3.06. The predicted molar refractivity (Wildman–Crippen MR) is 94.1 cm³/mol.